The van der Waals surface area contributed by atoms with E-state index in [1.165, 1.54) is 11.0 Å². The van der Waals surface area contributed by atoms with Gasteiger partial charge in [-0.2, -0.15) is 26.3 Å². The number of carboxylic acids is 1. The van der Waals surface area contributed by atoms with Crippen molar-refractivity contribution in [2.45, 2.75) is 50.4 Å². The molecule has 11 heteroatoms. The first-order valence-corrected chi connectivity index (χ1v) is 10.1. The van der Waals surface area contributed by atoms with Gasteiger partial charge in [-0.15, -0.1) is 0 Å². The predicted octanol–water partition coefficient (Wildman–Crippen LogP) is 5.23. The molecule has 0 aromatic heterocycles. The molecule has 0 radical (unpaired) electrons. The number of carboxylic acid groups (broad SMARTS) is 1. The van der Waals surface area contributed by atoms with Crippen molar-refractivity contribution in [1.29, 1.82) is 0 Å². The summed E-state index contributed by atoms with van der Waals surface area (Å²) in [5, 5.41) is 12.6. The molecule has 1 aliphatic carbocycles. The third-order valence-electron chi connectivity index (χ3n) is 6.41. The Balaban J connectivity index is 2.06. The van der Waals surface area contributed by atoms with Crippen LogP contribution >= 0.6 is 0 Å². The van der Waals surface area contributed by atoms with Crippen LogP contribution in [0.3, 0.4) is 0 Å². The smallest absolute Gasteiger partial charge is 0.393 e. The Labute approximate surface area is 175 Å². The molecule has 0 amide bonds. The second kappa shape index (κ2) is 8.31. The molecule has 1 aromatic carbocycles. The molecule has 0 bridgehead atoms. The zero-order chi connectivity index (χ0) is 23.1. The van der Waals surface area contributed by atoms with Gasteiger partial charge in [-0.1, -0.05) is 0 Å². The third kappa shape index (κ3) is 4.64. The second-order valence-corrected chi connectivity index (χ2v) is 8.27. The van der Waals surface area contributed by atoms with Gasteiger partial charge in [0.15, 0.2) is 0 Å². The Hall–Kier alpha value is -2.33. The molecule has 2 aliphatic rings. The predicted molar refractivity (Wildman–Crippen MR) is 104 cm³/mol. The highest BCUT2D eigenvalue weighted by atomic mass is 19.4. The molecule has 2 fully saturated rings. The van der Waals surface area contributed by atoms with Crippen LogP contribution in [0.4, 0.5) is 43.4 Å². The lowest BCUT2D eigenvalue weighted by Gasteiger charge is -2.35. The first-order chi connectivity index (χ1) is 14.3. The lowest BCUT2D eigenvalue weighted by molar-refractivity contribution is -0.182. The number of anilines is 3. The Morgan fingerprint density at radius 3 is 2.10 bits per heavy atom. The number of rotatable bonds is 4. The number of halogens is 6. The molecule has 1 aromatic rings. The molecule has 1 saturated heterocycles. The molecule has 31 heavy (non-hydrogen) atoms. The summed E-state index contributed by atoms with van der Waals surface area (Å²) in [5.41, 5.74) is 6.81. The minimum Gasteiger partial charge on any atom is -0.478 e. The van der Waals surface area contributed by atoms with E-state index in [0.29, 0.717) is 11.3 Å². The summed E-state index contributed by atoms with van der Waals surface area (Å²) < 4.78 is 79.1. The number of alkyl halides is 6. The van der Waals surface area contributed by atoms with Crippen LogP contribution in [0.2, 0.25) is 0 Å². The van der Waals surface area contributed by atoms with Crippen molar-refractivity contribution in [3.8, 4) is 0 Å². The Kier molecular flexibility index (Phi) is 6.25. The number of hydrogen-bond donors (Lipinski definition) is 3. The first-order valence-electron chi connectivity index (χ1n) is 10.1. The highest BCUT2D eigenvalue weighted by Crippen LogP contribution is 2.50. The normalized spacial score (nSPS) is 25.0. The van der Waals surface area contributed by atoms with Crippen molar-refractivity contribution < 1.29 is 36.2 Å². The van der Waals surface area contributed by atoms with Gasteiger partial charge in [-0.3, -0.25) is 0 Å². The maximum absolute atomic E-state index is 13.2. The number of aromatic carboxylic acids is 1. The number of benzene rings is 1. The fourth-order valence-electron chi connectivity index (χ4n) is 4.84. The lowest BCUT2D eigenvalue weighted by atomic mass is 9.76. The fraction of sp³-hybridized carbons (Fsp3) is 0.650. The topological polar surface area (TPSA) is 78.6 Å². The maximum Gasteiger partial charge on any atom is 0.393 e. The molecule has 1 saturated carbocycles. The van der Waals surface area contributed by atoms with Gasteiger partial charge < -0.3 is 21.1 Å². The number of carbonyl (C=O) groups is 1. The molecular weight excluding hydrogens is 428 g/mol. The van der Waals surface area contributed by atoms with Crippen molar-refractivity contribution in [1.82, 2.24) is 0 Å². The molecule has 4 N–H and O–H groups in total. The summed E-state index contributed by atoms with van der Waals surface area (Å²) in [4.78, 5) is 13.3. The molecule has 1 heterocycles. The van der Waals surface area contributed by atoms with Crippen LogP contribution in [0.1, 0.15) is 53.9 Å². The van der Waals surface area contributed by atoms with Gasteiger partial charge in [0.2, 0.25) is 0 Å². The van der Waals surface area contributed by atoms with E-state index in [1.54, 1.807) is 7.05 Å². The SMILES string of the molecule is CNc1c(N)cc(C(=O)O)c(N2CCC(C(F)(F)F)C2)c1C1CCC(C(F)(F)F)CC1. The number of nitrogens with zero attached hydrogens (tertiary/aromatic N) is 1. The summed E-state index contributed by atoms with van der Waals surface area (Å²) in [5.74, 6) is -4.82. The van der Waals surface area contributed by atoms with E-state index in [1.807, 2.05) is 0 Å². The van der Waals surface area contributed by atoms with E-state index in [9.17, 15) is 36.2 Å². The molecule has 3 rings (SSSR count). The third-order valence-corrected chi connectivity index (χ3v) is 6.41. The highest BCUT2D eigenvalue weighted by Gasteiger charge is 2.46. The Bertz CT molecular complexity index is 832. The van der Waals surface area contributed by atoms with E-state index in [-0.39, 0.29) is 55.6 Å². The number of nitrogens with one attached hydrogen (secondary N) is 1. The average Bonchev–Trinajstić information content (AvgIpc) is 3.16. The van der Waals surface area contributed by atoms with E-state index < -0.39 is 42.6 Å². The van der Waals surface area contributed by atoms with Gasteiger partial charge in [0.1, 0.15) is 0 Å². The van der Waals surface area contributed by atoms with Crippen LogP contribution in [0, 0.1) is 11.8 Å². The minimum absolute atomic E-state index is 0.00241. The first kappa shape index (κ1) is 23.3. The van der Waals surface area contributed by atoms with Gasteiger partial charge in [0.05, 0.1) is 34.5 Å². The summed E-state index contributed by atoms with van der Waals surface area (Å²) >= 11 is 0. The zero-order valence-corrected chi connectivity index (χ0v) is 16.9. The van der Waals surface area contributed by atoms with Gasteiger partial charge >= 0.3 is 18.3 Å². The van der Waals surface area contributed by atoms with Crippen molar-refractivity contribution in [2.24, 2.45) is 11.8 Å². The van der Waals surface area contributed by atoms with Crippen molar-refractivity contribution >= 4 is 23.0 Å². The average molecular weight is 453 g/mol. The summed E-state index contributed by atoms with van der Waals surface area (Å²) in [6.07, 6.45) is -8.87. The van der Waals surface area contributed by atoms with E-state index in [2.05, 4.69) is 5.32 Å². The van der Waals surface area contributed by atoms with Crippen LogP contribution in [0.5, 0.6) is 0 Å². The van der Waals surface area contributed by atoms with Crippen LogP contribution < -0.4 is 16.0 Å². The van der Waals surface area contributed by atoms with Gasteiger partial charge in [-0.25, -0.2) is 4.79 Å². The fourth-order valence-corrected chi connectivity index (χ4v) is 4.84. The van der Waals surface area contributed by atoms with Crippen LogP contribution in [-0.2, 0) is 0 Å². The second-order valence-electron chi connectivity index (χ2n) is 8.27. The summed E-state index contributed by atoms with van der Waals surface area (Å²) in [6, 6.07) is 1.20. The number of hydrogen-bond acceptors (Lipinski definition) is 4. The van der Waals surface area contributed by atoms with Crippen LogP contribution in [0.15, 0.2) is 6.07 Å². The van der Waals surface area contributed by atoms with E-state index in [0.717, 1.165) is 0 Å². The summed E-state index contributed by atoms with van der Waals surface area (Å²) in [7, 11) is 1.54. The molecule has 1 aliphatic heterocycles. The number of nitrogens with two attached hydrogens (primary N) is 1. The standard InChI is InChI=1S/C20H25F6N3O2/c1-28-16-14(27)8-13(18(30)31)17(29-7-6-12(9-29)20(24,25)26)15(16)10-2-4-11(5-3-10)19(21,22)23/h8,10-12,28H,2-7,9,27H2,1H3,(H,30,31). The molecule has 0 spiro atoms. The monoisotopic (exact) mass is 453 g/mol. The molecular formula is C20H25F6N3O2. The van der Waals surface area contributed by atoms with E-state index >= 15 is 0 Å². The van der Waals surface area contributed by atoms with Gasteiger partial charge in [-0.05, 0) is 44.1 Å². The van der Waals surface area contributed by atoms with Crippen LogP contribution in [0.25, 0.3) is 0 Å². The Morgan fingerprint density at radius 2 is 1.65 bits per heavy atom. The molecule has 5 nitrogen and oxygen atoms in total. The van der Waals surface area contributed by atoms with Crippen molar-refractivity contribution in [2.75, 3.05) is 36.1 Å². The molecule has 1 atom stereocenters. The van der Waals surface area contributed by atoms with Crippen molar-refractivity contribution in [3.63, 3.8) is 0 Å². The molecule has 1 unspecified atom stereocenters. The summed E-state index contributed by atoms with van der Waals surface area (Å²) in [6.45, 7) is -0.399. The lowest BCUT2D eigenvalue weighted by Crippen LogP contribution is -2.31. The quantitative estimate of drug-likeness (QED) is 0.430. The highest BCUT2D eigenvalue weighted by molar-refractivity contribution is 6.00. The van der Waals surface area contributed by atoms with Gasteiger partial charge in [0, 0.05) is 25.7 Å². The largest absolute Gasteiger partial charge is 0.478 e. The van der Waals surface area contributed by atoms with E-state index in [4.69, 9.17) is 5.73 Å². The van der Waals surface area contributed by atoms with Crippen molar-refractivity contribution in [3.05, 3.63) is 17.2 Å². The van der Waals surface area contributed by atoms with Gasteiger partial charge in [0.25, 0.3) is 0 Å². The van der Waals surface area contributed by atoms with Crippen LogP contribution in [-0.4, -0.2) is 43.6 Å². The molecule has 174 valence electrons. The minimum atomic E-state index is -4.41. The Morgan fingerprint density at radius 1 is 1.06 bits per heavy atom. The number of nitrogen functional groups attached to an aromatic ring is 1. The zero-order valence-electron chi connectivity index (χ0n) is 16.9. The maximum atomic E-state index is 13.2.